The molecule has 2 heterocycles. The Hall–Kier alpha value is -3.49. The van der Waals surface area contributed by atoms with Crippen LogP contribution < -0.4 is 24.4 Å². The van der Waals surface area contributed by atoms with Crippen molar-refractivity contribution < 1.29 is 14.3 Å². The molecular weight excluding hydrogens is 836 g/mol. The van der Waals surface area contributed by atoms with Gasteiger partial charge in [-0.25, -0.2) is 4.99 Å². The molecule has 1 amide bonds. The van der Waals surface area contributed by atoms with Gasteiger partial charge in [-0.15, -0.1) is 0 Å². The molecule has 0 fully saturated rings. The SMILES string of the molecule is CCN(CC)C(=O)C1=C(C)N=c2s/c(=C/c3cc(I)cc(I)c3OCc3ccccc3)c(=O)n2[C@@H]1c1c(OC)ccc2ccccc12. The standard InChI is InChI=1S/C37H33I2N3O4S/c1-5-41(6-2)36(44)31-22(3)40-37-42(33(31)32-27-15-11-10-14-24(27)16-17-29(32)45-4)35(43)30(47-37)19-25-18-26(38)20-28(39)34(25)46-21-23-12-8-7-9-13-23/h7-20,33H,5-6,21H2,1-4H3/b30-19+/t33-/m0/s1. The van der Waals surface area contributed by atoms with Gasteiger partial charge in [0.05, 0.1) is 26.5 Å². The molecule has 1 aliphatic rings. The van der Waals surface area contributed by atoms with E-state index in [-0.39, 0.29) is 11.5 Å². The van der Waals surface area contributed by atoms with Crippen LogP contribution in [0.5, 0.6) is 11.5 Å². The first kappa shape index (κ1) is 33.4. The van der Waals surface area contributed by atoms with Crippen molar-refractivity contribution >= 4 is 79.3 Å². The number of rotatable bonds is 9. The molecule has 0 saturated heterocycles. The zero-order valence-electron chi connectivity index (χ0n) is 26.4. The van der Waals surface area contributed by atoms with Gasteiger partial charge in [-0.1, -0.05) is 72.0 Å². The minimum absolute atomic E-state index is 0.144. The molecule has 0 spiro atoms. The molecular formula is C37H33I2N3O4S. The molecule has 5 aromatic rings. The van der Waals surface area contributed by atoms with Crippen LogP contribution in [0.2, 0.25) is 0 Å². The van der Waals surface area contributed by atoms with Gasteiger partial charge in [-0.05, 0) is 107 Å². The number of thiazole rings is 1. The van der Waals surface area contributed by atoms with Crippen LogP contribution in [0.4, 0.5) is 0 Å². The Morgan fingerprint density at radius 3 is 2.47 bits per heavy atom. The Bertz CT molecular complexity index is 2200. The van der Waals surface area contributed by atoms with Crippen molar-refractivity contribution in [2.24, 2.45) is 4.99 Å². The van der Waals surface area contributed by atoms with Crippen molar-refractivity contribution in [3.63, 3.8) is 0 Å². The van der Waals surface area contributed by atoms with E-state index in [1.807, 2.05) is 99.6 Å². The summed E-state index contributed by atoms with van der Waals surface area (Å²) < 4.78 is 16.4. The average Bonchev–Trinajstić information content (AvgIpc) is 3.37. The molecule has 7 nitrogen and oxygen atoms in total. The van der Waals surface area contributed by atoms with E-state index in [4.69, 9.17) is 14.5 Å². The predicted octanol–water partition coefficient (Wildman–Crippen LogP) is 7.05. The molecule has 1 aromatic heterocycles. The molecule has 0 unspecified atom stereocenters. The van der Waals surface area contributed by atoms with Crippen molar-refractivity contribution in [3.05, 3.63) is 134 Å². The second-order valence-electron chi connectivity index (χ2n) is 11.0. The third-order valence-corrected chi connectivity index (χ3v) is 10.7. The number of nitrogens with zero attached hydrogens (tertiary/aromatic N) is 3. The number of benzene rings is 4. The lowest BCUT2D eigenvalue weighted by molar-refractivity contribution is -0.127. The summed E-state index contributed by atoms with van der Waals surface area (Å²) in [5.41, 5.74) is 3.45. The summed E-state index contributed by atoms with van der Waals surface area (Å²) in [6.07, 6.45) is 1.89. The van der Waals surface area contributed by atoms with Gasteiger partial charge in [0.25, 0.3) is 11.5 Å². The second-order valence-corrected chi connectivity index (χ2v) is 14.5. The van der Waals surface area contributed by atoms with Gasteiger partial charge in [-0.3, -0.25) is 14.2 Å². The van der Waals surface area contributed by atoms with Crippen LogP contribution in [0.3, 0.4) is 0 Å². The van der Waals surface area contributed by atoms with Crippen LogP contribution in [0.15, 0.2) is 99.9 Å². The van der Waals surface area contributed by atoms with Gasteiger partial charge in [0, 0.05) is 27.8 Å². The molecule has 240 valence electrons. The van der Waals surface area contributed by atoms with Crippen molar-refractivity contribution in [2.75, 3.05) is 20.2 Å². The number of likely N-dealkylation sites (N-methyl/N-ethyl adjacent to an activating group) is 1. The van der Waals surface area contributed by atoms with Crippen molar-refractivity contribution in [1.29, 1.82) is 0 Å². The number of carbonyl (C=O) groups is 1. The molecule has 10 heteroatoms. The fourth-order valence-corrected chi connectivity index (χ4v) is 9.08. The highest BCUT2D eigenvalue weighted by molar-refractivity contribution is 14.1. The molecule has 0 bridgehead atoms. The van der Waals surface area contributed by atoms with Gasteiger partial charge in [-0.2, -0.15) is 0 Å². The summed E-state index contributed by atoms with van der Waals surface area (Å²) >= 11 is 5.88. The van der Waals surface area contributed by atoms with Crippen molar-refractivity contribution in [2.45, 2.75) is 33.4 Å². The number of methoxy groups -OCH3 is 1. The minimum Gasteiger partial charge on any atom is -0.496 e. The first-order valence-corrected chi connectivity index (χ1v) is 18.3. The molecule has 1 aliphatic heterocycles. The Kier molecular flexibility index (Phi) is 10.2. The molecule has 0 saturated carbocycles. The number of carbonyl (C=O) groups excluding carboxylic acids is 1. The van der Waals surface area contributed by atoms with E-state index in [2.05, 4.69) is 51.2 Å². The highest BCUT2D eigenvalue weighted by Crippen LogP contribution is 2.40. The Morgan fingerprint density at radius 2 is 1.74 bits per heavy atom. The van der Waals surface area contributed by atoms with E-state index < -0.39 is 6.04 Å². The van der Waals surface area contributed by atoms with Crippen LogP contribution >= 0.6 is 56.5 Å². The lowest BCUT2D eigenvalue weighted by Crippen LogP contribution is -2.43. The number of ether oxygens (including phenoxy) is 2. The predicted molar refractivity (Wildman–Crippen MR) is 205 cm³/mol. The normalized spacial score (nSPS) is 14.6. The number of allylic oxidation sites excluding steroid dienone is 1. The van der Waals surface area contributed by atoms with Crippen LogP contribution in [0.1, 0.15) is 43.5 Å². The molecule has 47 heavy (non-hydrogen) atoms. The van der Waals surface area contributed by atoms with Crippen LogP contribution in [0, 0.1) is 7.14 Å². The first-order valence-electron chi connectivity index (χ1n) is 15.3. The fourth-order valence-electron chi connectivity index (χ4n) is 6.00. The van der Waals surface area contributed by atoms with E-state index in [1.165, 1.54) is 11.3 Å². The van der Waals surface area contributed by atoms with E-state index >= 15 is 0 Å². The van der Waals surface area contributed by atoms with Gasteiger partial charge in [0.2, 0.25) is 0 Å². The lowest BCUT2D eigenvalue weighted by atomic mass is 9.90. The minimum atomic E-state index is -0.743. The highest BCUT2D eigenvalue weighted by Gasteiger charge is 2.36. The number of aromatic nitrogens is 1. The summed E-state index contributed by atoms with van der Waals surface area (Å²) in [6.45, 7) is 7.24. The summed E-state index contributed by atoms with van der Waals surface area (Å²) in [5.74, 6) is 1.17. The highest BCUT2D eigenvalue weighted by atomic mass is 127. The van der Waals surface area contributed by atoms with E-state index in [9.17, 15) is 9.59 Å². The lowest BCUT2D eigenvalue weighted by Gasteiger charge is -2.30. The van der Waals surface area contributed by atoms with Crippen molar-refractivity contribution in [3.8, 4) is 11.5 Å². The number of halogens is 2. The second kappa shape index (κ2) is 14.3. The zero-order chi connectivity index (χ0) is 33.2. The third-order valence-electron chi connectivity index (χ3n) is 8.28. The van der Waals surface area contributed by atoms with E-state index in [1.54, 1.807) is 16.6 Å². The Balaban J connectivity index is 1.59. The smallest absolute Gasteiger partial charge is 0.271 e. The van der Waals surface area contributed by atoms with Crippen LogP contribution in [-0.4, -0.2) is 35.6 Å². The maximum Gasteiger partial charge on any atom is 0.271 e. The molecule has 6 rings (SSSR count). The maximum atomic E-state index is 14.6. The molecule has 0 N–H and O–H groups in total. The van der Waals surface area contributed by atoms with Crippen LogP contribution in [0.25, 0.3) is 16.8 Å². The van der Waals surface area contributed by atoms with E-state index in [0.29, 0.717) is 51.8 Å². The van der Waals surface area contributed by atoms with Gasteiger partial charge < -0.3 is 14.4 Å². The number of amides is 1. The Labute approximate surface area is 304 Å². The number of hydrogen-bond acceptors (Lipinski definition) is 6. The molecule has 1 atom stereocenters. The summed E-state index contributed by atoms with van der Waals surface area (Å²) in [6, 6.07) is 25.2. The number of hydrogen-bond donors (Lipinski definition) is 0. The fraction of sp³-hybridized carbons (Fsp3) is 0.216. The number of fused-ring (bicyclic) bond motifs is 2. The van der Waals surface area contributed by atoms with Gasteiger partial charge in [0.1, 0.15) is 24.1 Å². The van der Waals surface area contributed by atoms with E-state index in [0.717, 1.165) is 34.6 Å². The average molecular weight is 870 g/mol. The topological polar surface area (TPSA) is 73.1 Å². The largest absolute Gasteiger partial charge is 0.496 e. The van der Waals surface area contributed by atoms with Crippen LogP contribution in [-0.2, 0) is 11.4 Å². The summed E-state index contributed by atoms with van der Waals surface area (Å²) in [7, 11) is 1.62. The molecule has 0 aliphatic carbocycles. The maximum absolute atomic E-state index is 14.6. The zero-order valence-corrected chi connectivity index (χ0v) is 31.6. The third kappa shape index (κ3) is 6.51. The molecule has 4 aromatic carbocycles. The van der Waals surface area contributed by atoms with Gasteiger partial charge in [0.15, 0.2) is 4.80 Å². The summed E-state index contributed by atoms with van der Waals surface area (Å²) in [5, 5.41) is 1.90. The quantitative estimate of drug-likeness (QED) is 0.149. The first-order chi connectivity index (χ1) is 22.7. The van der Waals surface area contributed by atoms with Gasteiger partial charge >= 0.3 is 0 Å². The monoisotopic (exact) mass is 869 g/mol. The Morgan fingerprint density at radius 1 is 1.02 bits per heavy atom. The van der Waals surface area contributed by atoms with Crippen molar-refractivity contribution in [1.82, 2.24) is 9.47 Å². The summed E-state index contributed by atoms with van der Waals surface area (Å²) in [4.78, 5) is 36.1. The molecule has 0 radical (unpaired) electrons.